The molecular formula is C32H25IN2. The molecule has 0 N–H and O–H groups in total. The first-order valence-electron chi connectivity index (χ1n) is 11.8. The topological polar surface area (TPSA) is 9.86 Å². The molecule has 0 bridgehead atoms. The number of alkyl halides is 1. The van der Waals surface area contributed by atoms with Gasteiger partial charge in [-0.15, -0.1) is 0 Å². The van der Waals surface area contributed by atoms with Gasteiger partial charge in [-0.05, 0) is 0 Å². The minimum absolute atomic E-state index is 1.17. The molecular weight excluding hydrogens is 539 g/mol. The van der Waals surface area contributed by atoms with E-state index in [0.29, 0.717) is 0 Å². The van der Waals surface area contributed by atoms with Crippen molar-refractivity contribution in [3.8, 4) is 16.8 Å². The van der Waals surface area contributed by atoms with Gasteiger partial charge in [0.1, 0.15) is 0 Å². The molecule has 2 nitrogen and oxygen atoms in total. The van der Waals surface area contributed by atoms with E-state index in [1.165, 1.54) is 60.8 Å². The normalized spacial score (nSPS) is 14.2. The Bertz CT molecular complexity index is 1820. The third-order valence-corrected chi connectivity index (χ3v) is 10.1. The number of nitrogens with zero attached hydrogens (tertiary/aromatic N) is 2. The Morgan fingerprint density at radius 1 is 0.657 bits per heavy atom. The van der Waals surface area contributed by atoms with Gasteiger partial charge in [0.25, 0.3) is 0 Å². The van der Waals surface area contributed by atoms with Crippen LogP contribution in [-0.4, -0.2) is 14.1 Å². The summed E-state index contributed by atoms with van der Waals surface area (Å²) in [6, 6.07) is 33.1. The second-order valence-corrected chi connectivity index (χ2v) is 13.8. The molecule has 35 heavy (non-hydrogen) atoms. The SMILES string of the molecule is Cn1c2ccccc2c2cccc(-c3ccc4c(c3)c3c(n4-c4ccccc4)C=CI(C)C=C3)c21. The van der Waals surface area contributed by atoms with Gasteiger partial charge in [0.2, 0.25) is 0 Å². The number of para-hydroxylation sites is 3. The Kier molecular flexibility index (Phi) is 4.74. The fourth-order valence-electron chi connectivity index (χ4n) is 5.53. The van der Waals surface area contributed by atoms with E-state index in [1.807, 2.05) is 0 Å². The van der Waals surface area contributed by atoms with Crippen molar-refractivity contribution in [2.75, 3.05) is 4.93 Å². The Labute approximate surface area is 212 Å². The van der Waals surface area contributed by atoms with E-state index in [2.05, 4.69) is 132 Å². The van der Waals surface area contributed by atoms with Gasteiger partial charge in [-0.3, -0.25) is 0 Å². The fourth-order valence-corrected chi connectivity index (χ4v) is 7.60. The molecule has 2 aromatic heterocycles. The van der Waals surface area contributed by atoms with Crippen LogP contribution in [-0.2, 0) is 7.05 Å². The van der Waals surface area contributed by atoms with E-state index in [-0.39, 0.29) is 0 Å². The minimum atomic E-state index is -1.17. The molecule has 0 atom stereocenters. The summed E-state index contributed by atoms with van der Waals surface area (Å²) in [4.78, 5) is 2.39. The van der Waals surface area contributed by atoms with Crippen molar-refractivity contribution in [1.29, 1.82) is 0 Å². The quantitative estimate of drug-likeness (QED) is 0.147. The van der Waals surface area contributed by atoms with Crippen LogP contribution in [0.25, 0.3) is 61.7 Å². The second-order valence-electron chi connectivity index (χ2n) is 9.13. The van der Waals surface area contributed by atoms with Crippen molar-refractivity contribution in [2.45, 2.75) is 0 Å². The average Bonchev–Trinajstić information content (AvgIpc) is 3.29. The van der Waals surface area contributed by atoms with Crippen molar-refractivity contribution in [1.82, 2.24) is 9.13 Å². The Balaban J connectivity index is 1.54. The molecule has 0 radical (unpaired) electrons. The molecule has 0 fully saturated rings. The number of fused-ring (bicyclic) bond motifs is 6. The van der Waals surface area contributed by atoms with E-state index in [1.54, 1.807) is 0 Å². The van der Waals surface area contributed by atoms with Gasteiger partial charge in [0.05, 0.1) is 0 Å². The number of rotatable bonds is 2. The fraction of sp³-hybridized carbons (Fsp3) is 0.0625. The molecule has 0 saturated heterocycles. The van der Waals surface area contributed by atoms with Crippen LogP contribution < -0.4 is 0 Å². The van der Waals surface area contributed by atoms with Gasteiger partial charge in [-0.2, -0.15) is 0 Å². The first-order chi connectivity index (χ1) is 17.2. The van der Waals surface area contributed by atoms with Crippen LogP contribution in [0.3, 0.4) is 0 Å². The first kappa shape index (κ1) is 20.8. The maximum atomic E-state index is 2.46. The number of halogens is 1. The van der Waals surface area contributed by atoms with Gasteiger partial charge in [0, 0.05) is 0 Å². The van der Waals surface area contributed by atoms with Crippen LogP contribution in [0.2, 0.25) is 0 Å². The van der Waals surface area contributed by atoms with Crippen LogP contribution in [0, 0.1) is 0 Å². The Morgan fingerprint density at radius 2 is 1.43 bits per heavy atom. The molecule has 6 aromatic rings. The summed E-state index contributed by atoms with van der Waals surface area (Å²) < 4.78 is 9.67. The van der Waals surface area contributed by atoms with E-state index in [0.717, 1.165) is 0 Å². The molecule has 1 aliphatic heterocycles. The van der Waals surface area contributed by atoms with Crippen LogP contribution in [0.15, 0.2) is 99.2 Å². The molecule has 3 heteroatoms. The third-order valence-electron chi connectivity index (χ3n) is 7.14. The van der Waals surface area contributed by atoms with E-state index >= 15 is 0 Å². The van der Waals surface area contributed by atoms with E-state index in [4.69, 9.17) is 0 Å². The standard InChI is InChI=1S/C32H25IN2/c1-33-19-17-26-28-21-22(15-16-30(28)35(31(26)18-20-33)23-9-4-3-5-10-23)24-12-8-13-27-25-11-6-7-14-29(25)34(2)32(24)27/h3-21H,1-2H3. The Morgan fingerprint density at radius 3 is 2.31 bits per heavy atom. The van der Waals surface area contributed by atoms with Crippen molar-refractivity contribution >= 4 is 64.7 Å². The molecule has 0 unspecified atom stereocenters. The van der Waals surface area contributed by atoms with E-state index in [9.17, 15) is 0 Å². The number of hydrogen-bond acceptors (Lipinski definition) is 0. The summed E-state index contributed by atoms with van der Waals surface area (Å²) >= 11 is -1.17. The molecule has 0 saturated carbocycles. The molecule has 0 spiro atoms. The number of aryl methyl sites for hydroxylation is 1. The predicted molar refractivity (Wildman–Crippen MR) is 161 cm³/mol. The maximum absolute atomic E-state index is 2.46. The van der Waals surface area contributed by atoms with Gasteiger partial charge >= 0.3 is 213 Å². The van der Waals surface area contributed by atoms with Crippen molar-refractivity contribution in [3.05, 3.63) is 110 Å². The molecule has 7 rings (SSSR count). The summed E-state index contributed by atoms with van der Waals surface area (Å²) in [5.74, 6) is 0. The zero-order valence-corrected chi connectivity index (χ0v) is 21.9. The first-order valence-corrected chi connectivity index (χ1v) is 16.5. The summed E-state index contributed by atoms with van der Waals surface area (Å²) in [5, 5.41) is 3.93. The summed E-state index contributed by atoms with van der Waals surface area (Å²) in [6.45, 7) is 0. The predicted octanol–water partition coefficient (Wildman–Crippen LogP) is 9.03. The van der Waals surface area contributed by atoms with Crippen LogP contribution >= 0.6 is 19.8 Å². The van der Waals surface area contributed by atoms with Gasteiger partial charge in [-0.1, -0.05) is 0 Å². The monoisotopic (exact) mass is 564 g/mol. The molecule has 4 aromatic carbocycles. The zero-order chi connectivity index (χ0) is 23.5. The van der Waals surface area contributed by atoms with Crippen molar-refractivity contribution in [3.63, 3.8) is 0 Å². The molecule has 3 heterocycles. The Hall–Kier alpha value is -3.57. The molecule has 0 amide bonds. The second kappa shape index (κ2) is 7.99. The number of benzene rings is 4. The zero-order valence-electron chi connectivity index (χ0n) is 19.7. The summed E-state index contributed by atoms with van der Waals surface area (Å²) in [6.07, 6.45) is 4.74. The van der Waals surface area contributed by atoms with E-state index < -0.39 is 19.8 Å². The average molecular weight is 564 g/mol. The van der Waals surface area contributed by atoms with Gasteiger partial charge in [-0.25, -0.2) is 0 Å². The van der Waals surface area contributed by atoms with Crippen molar-refractivity contribution in [2.24, 2.45) is 7.05 Å². The van der Waals surface area contributed by atoms with Crippen molar-refractivity contribution < 1.29 is 0 Å². The number of aromatic nitrogens is 2. The summed E-state index contributed by atoms with van der Waals surface area (Å²) in [7, 11) is 2.19. The third kappa shape index (κ3) is 3.15. The van der Waals surface area contributed by atoms with Crippen LogP contribution in [0.4, 0.5) is 0 Å². The molecule has 1 aliphatic rings. The molecule has 0 aliphatic carbocycles. The number of hydrogen-bond donors (Lipinski definition) is 0. The summed E-state index contributed by atoms with van der Waals surface area (Å²) in [5.41, 5.74) is 10.2. The van der Waals surface area contributed by atoms with Gasteiger partial charge in [0.15, 0.2) is 0 Å². The van der Waals surface area contributed by atoms with Crippen LogP contribution in [0.5, 0.6) is 0 Å². The van der Waals surface area contributed by atoms with Crippen LogP contribution in [0.1, 0.15) is 11.3 Å². The van der Waals surface area contributed by atoms with Gasteiger partial charge < -0.3 is 0 Å². The molecule has 170 valence electrons.